The summed E-state index contributed by atoms with van der Waals surface area (Å²) in [5.41, 5.74) is 8.66. The van der Waals surface area contributed by atoms with Crippen LogP contribution in [-0.2, 0) is 14.9 Å². The Morgan fingerprint density at radius 3 is 2.71 bits per heavy atom. The fraction of sp³-hybridized carbons (Fsp3) is 0.364. The number of nitrogen functional groups attached to an aromatic ring is 1. The van der Waals surface area contributed by atoms with Crippen molar-refractivity contribution < 1.29 is 23.4 Å². The first-order valence-corrected chi connectivity index (χ1v) is 12.4. The Morgan fingerprint density at radius 1 is 1.23 bits per heavy atom. The minimum absolute atomic E-state index is 0.189. The molecule has 3 heterocycles. The highest BCUT2D eigenvalue weighted by Crippen LogP contribution is 2.34. The molecule has 3 aromatic rings. The van der Waals surface area contributed by atoms with E-state index >= 15 is 0 Å². The van der Waals surface area contributed by atoms with Crippen molar-refractivity contribution in [3.05, 3.63) is 47.9 Å². The third-order valence-corrected chi connectivity index (χ3v) is 5.96. The maximum atomic E-state index is 11.2. The molecular formula is C22H27N7O5S. The molecule has 186 valence electrons. The van der Waals surface area contributed by atoms with E-state index in [1.807, 2.05) is 38.1 Å². The van der Waals surface area contributed by atoms with Gasteiger partial charge in [-0.1, -0.05) is 17.9 Å². The predicted molar refractivity (Wildman–Crippen MR) is 130 cm³/mol. The second-order valence-corrected chi connectivity index (χ2v) is 9.86. The number of benzene rings is 1. The quantitative estimate of drug-likeness (QED) is 0.245. The van der Waals surface area contributed by atoms with Gasteiger partial charge in [-0.2, -0.15) is 13.1 Å². The lowest BCUT2D eigenvalue weighted by Crippen LogP contribution is -2.42. The number of anilines is 2. The van der Waals surface area contributed by atoms with Crippen molar-refractivity contribution in [3.8, 4) is 11.8 Å². The topological polar surface area (TPSA) is 191 Å². The van der Waals surface area contributed by atoms with E-state index in [1.165, 1.54) is 10.9 Å². The zero-order valence-corrected chi connectivity index (χ0v) is 19.9. The summed E-state index contributed by atoms with van der Waals surface area (Å²) in [6.07, 6.45) is -2.01. The van der Waals surface area contributed by atoms with Crippen molar-refractivity contribution in [2.75, 3.05) is 17.6 Å². The predicted octanol–water partition coefficient (Wildman–Crippen LogP) is -0.354. The second-order valence-electron chi connectivity index (χ2n) is 8.48. The Hall–Kier alpha value is -3.25. The first kappa shape index (κ1) is 24.9. The molecule has 1 aromatic carbocycles. The number of rotatable bonds is 6. The van der Waals surface area contributed by atoms with Crippen LogP contribution in [0.4, 0.5) is 11.5 Å². The Balaban J connectivity index is 1.69. The SMILES string of the molecule is CC(C)Nc1cccc(C#Cc2cn([C@@H]3O[C@H](CNS(N)(=O)=O)[C@@H](O)[C@H]3O)c3ncnc(N)c23)c1. The Morgan fingerprint density at radius 2 is 2.00 bits per heavy atom. The van der Waals surface area contributed by atoms with Gasteiger partial charge in [0.15, 0.2) is 6.23 Å². The third-order valence-electron chi connectivity index (χ3n) is 5.40. The molecule has 1 aliphatic rings. The van der Waals surface area contributed by atoms with Crippen molar-refractivity contribution in [2.45, 2.75) is 44.4 Å². The summed E-state index contributed by atoms with van der Waals surface area (Å²) < 4.78 is 31.8. The van der Waals surface area contributed by atoms with Crippen LogP contribution in [0.25, 0.3) is 11.0 Å². The lowest BCUT2D eigenvalue weighted by atomic mass is 10.1. The van der Waals surface area contributed by atoms with Crippen LogP contribution in [0.2, 0.25) is 0 Å². The van der Waals surface area contributed by atoms with E-state index in [9.17, 15) is 18.6 Å². The van der Waals surface area contributed by atoms with Crippen molar-refractivity contribution in [1.82, 2.24) is 19.3 Å². The molecule has 13 heteroatoms. The van der Waals surface area contributed by atoms with Crippen LogP contribution in [-0.4, -0.2) is 64.1 Å². The molecule has 2 aromatic heterocycles. The van der Waals surface area contributed by atoms with E-state index in [2.05, 4.69) is 31.8 Å². The monoisotopic (exact) mass is 501 g/mol. The number of aromatic nitrogens is 3. The Kier molecular flexibility index (Phi) is 6.95. The van der Waals surface area contributed by atoms with Gasteiger partial charge in [-0.25, -0.2) is 15.1 Å². The van der Waals surface area contributed by atoms with Gasteiger partial charge in [0.25, 0.3) is 10.2 Å². The molecule has 0 amide bonds. The zero-order valence-electron chi connectivity index (χ0n) is 19.1. The summed E-state index contributed by atoms with van der Waals surface area (Å²) in [5, 5.41) is 29.8. The second kappa shape index (κ2) is 9.78. The average molecular weight is 502 g/mol. The summed E-state index contributed by atoms with van der Waals surface area (Å²) in [4.78, 5) is 8.32. The van der Waals surface area contributed by atoms with Gasteiger partial charge in [-0.3, -0.25) is 0 Å². The molecule has 1 saturated heterocycles. The molecule has 0 unspecified atom stereocenters. The molecule has 0 radical (unpaired) electrons. The minimum Gasteiger partial charge on any atom is -0.387 e. The van der Waals surface area contributed by atoms with Crippen molar-refractivity contribution >= 4 is 32.7 Å². The highest BCUT2D eigenvalue weighted by Gasteiger charge is 2.44. The molecule has 1 aliphatic heterocycles. The van der Waals surface area contributed by atoms with Crippen LogP contribution in [0.15, 0.2) is 36.8 Å². The number of fused-ring (bicyclic) bond motifs is 1. The number of aliphatic hydroxyl groups excluding tert-OH is 2. The first-order valence-electron chi connectivity index (χ1n) is 10.8. The molecule has 12 nitrogen and oxygen atoms in total. The van der Waals surface area contributed by atoms with E-state index < -0.39 is 34.7 Å². The fourth-order valence-electron chi connectivity index (χ4n) is 3.88. The van der Waals surface area contributed by atoms with Crippen LogP contribution < -0.4 is 20.9 Å². The van der Waals surface area contributed by atoms with Crippen LogP contribution in [0, 0.1) is 11.8 Å². The summed E-state index contributed by atoms with van der Waals surface area (Å²) in [6.45, 7) is 3.77. The van der Waals surface area contributed by atoms with E-state index in [4.69, 9.17) is 15.6 Å². The number of hydrogen-bond donors (Lipinski definition) is 6. The van der Waals surface area contributed by atoms with Gasteiger partial charge in [0.2, 0.25) is 0 Å². The number of aliphatic hydroxyl groups is 2. The van der Waals surface area contributed by atoms with E-state index in [0.717, 1.165) is 11.3 Å². The lowest BCUT2D eigenvalue weighted by molar-refractivity contribution is -0.0327. The lowest BCUT2D eigenvalue weighted by Gasteiger charge is -2.17. The molecule has 1 fully saturated rings. The van der Waals surface area contributed by atoms with Crippen molar-refractivity contribution in [3.63, 3.8) is 0 Å². The Labute approximate surface area is 202 Å². The molecule has 0 aliphatic carbocycles. The number of nitrogens with zero attached hydrogens (tertiary/aromatic N) is 3. The molecule has 0 bridgehead atoms. The van der Waals surface area contributed by atoms with Gasteiger partial charge in [0.1, 0.15) is 36.1 Å². The van der Waals surface area contributed by atoms with Crippen LogP contribution in [0.1, 0.15) is 31.2 Å². The molecule has 0 saturated carbocycles. The summed E-state index contributed by atoms with van der Waals surface area (Å²) in [6, 6.07) is 7.92. The van der Waals surface area contributed by atoms with E-state index in [-0.39, 0.29) is 18.4 Å². The maximum absolute atomic E-state index is 11.2. The van der Waals surface area contributed by atoms with Crippen molar-refractivity contribution in [1.29, 1.82) is 0 Å². The normalized spacial score (nSPS) is 22.3. The largest absolute Gasteiger partial charge is 0.387 e. The first-order chi connectivity index (χ1) is 16.5. The summed E-state index contributed by atoms with van der Waals surface area (Å²) >= 11 is 0. The molecule has 35 heavy (non-hydrogen) atoms. The third kappa shape index (κ3) is 5.54. The summed E-state index contributed by atoms with van der Waals surface area (Å²) in [5.74, 6) is 6.38. The number of hydrogen-bond acceptors (Lipinski definition) is 9. The molecule has 4 rings (SSSR count). The molecule has 4 atom stereocenters. The van der Waals surface area contributed by atoms with Gasteiger partial charge < -0.3 is 30.6 Å². The number of nitrogens with two attached hydrogens (primary N) is 2. The van der Waals surface area contributed by atoms with E-state index in [1.54, 1.807) is 6.20 Å². The van der Waals surface area contributed by atoms with Crippen LogP contribution >= 0.6 is 0 Å². The number of nitrogens with one attached hydrogen (secondary N) is 2. The highest BCUT2D eigenvalue weighted by atomic mass is 32.2. The van der Waals surface area contributed by atoms with Crippen molar-refractivity contribution in [2.24, 2.45) is 5.14 Å². The van der Waals surface area contributed by atoms with Gasteiger partial charge in [0, 0.05) is 30.0 Å². The zero-order chi connectivity index (χ0) is 25.3. The smallest absolute Gasteiger partial charge is 0.274 e. The standard InChI is InChI=1S/C22H27N7O5S/c1-12(2)28-15-5-3-4-13(8-15)6-7-14-10-29(21-17(14)20(23)25-11-26-21)22-19(31)18(30)16(34-22)9-27-35(24,32)33/h3-5,8,10-12,16,18-19,22,27-28,30-31H,9H2,1-2H3,(H2,23,25,26)(H2,24,32,33)/t16-,18-,19-,22-/m1/s1. The molecular weight excluding hydrogens is 474 g/mol. The number of ether oxygens (including phenoxy) is 1. The van der Waals surface area contributed by atoms with Gasteiger partial charge in [-0.05, 0) is 32.0 Å². The molecule has 8 N–H and O–H groups in total. The van der Waals surface area contributed by atoms with Gasteiger partial charge >= 0.3 is 0 Å². The van der Waals surface area contributed by atoms with Gasteiger partial charge in [-0.15, -0.1) is 0 Å². The van der Waals surface area contributed by atoms with E-state index in [0.29, 0.717) is 16.6 Å². The van der Waals surface area contributed by atoms with Crippen LogP contribution in [0.3, 0.4) is 0 Å². The average Bonchev–Trinajstić information content (AvgIpc) is 3.28. The van der Waals surface area contributed by atoms with Crippen LogP contribution in [0.5, 0.6) is 0 Å². The summed E-state index contributed by atoms with van der Waals surface area (Å²) in [7, 11) is -4.00. The minimum atomic E-state index is -4.00. The highest BCUT2D eigenvalue weighted by molar-refractivity contribution is 7.87. The fourth-order valence-corrected chi connectivity index (χ4v) is 4.28. The Bertz CT molecular complexity index is 1400. The molecule has 0 spiro atoms. The maximum Gasteiger partial charge on any atom is 0.274 e. The van der Waals surface area contributed by atoms with Gasteiger partial charge in [0.05, 0.1) is 10.9 Å².